The predicted molar refractivity (Wildman–Crippen MR) is 52.6 cm³/mol. The Labute approximate surface area is 95.0 Å². The average Bonchev–Trinajstić information content (AvgIpc) is 2.01. The minimum atomic E-state index is -5.84. The summed E-state index contributed by atoms with van der Waals surface area (Å²) in [5.41, 5.74) is -0.491. The highest BCUT2D eigenvalue weighted by molar-refractivity contribution is 7.86. The number of halogens is 3. The Morgan fingerprint density at radius 1 is 1.56 bits per heavy atom. The minimum absolute atomic E-state index is 0.250. The number of alkyl halides is 3. The van der Waals surface area contributed by atoms with E-state index >= 15 is 0 Å². The zero-order valence-corrected chi connectivity index (χ0v) is 9.29. The number of hydrogen-bond acceptors (Lipinski definition) is 4. The lowest BCUT2D eigenvalue weighted by atomic mass is 10.5. The molecule has 0 aromatic carbocycles. The van der Waals surface area contributed by atoms with Gasteiger partial charge in [0.1, 0.15) is 0 Å². The molecule has 4 N–H and O–H groups in total. The number of hydrogen-bond donors (Lipinski definition) is 3. The van der Waals surface area contributed by atoms with Crippen LogP contribution in [0.4, 0.5) is 13.2 Å². The molecule has 0 aliphatic carbocycles. The summed E-state index contributed by atoms with van der Waals surface area (Å²) in [4.78, 5) is 0. The average molecular weight is 279 g/mol. The van der Waals surface area contributed by atoms with Gasteiger partial charge in [0, 0.05) is 6.54 Å². The molecule has 0 aromatic heterocycles. The third kappa shape index (κ3) is 11.0. The first kappa shape index (κ1) is 17.3. The van der Waals surface area contributed by atoms with Crippen LogP contribution in [0.1, 0.15) is 6.42 Å². The first-order chi connectivity index (χ1) is 7.02. The van der Waals surface area contributed by atoms with E-state index in [0.29, 0.717) is 13.0 Å². The van der Waals surface area contributed by atoms with Gasteiger partial charge >= 0.3 is 15.6 Å². The number of rotatable bonds is 2. The van der Waals surface area contributed by atoms with E-state index in [9.17, 15) is 13.2 Å². The number of nitrogens with one attached hydrogen (secondary N) is 1. The zero-order valence-electron chi connectivity index (χ0n) is 7.65. The number of nitriles is 1. The summed E-state index contributed by atoms with van der Waals surface area (Å²) in [6, 6.07) is 1.95. The van der Waals surface area contributed by atoms with Crippen molar-refractivity contribution in [2.24, 2.45) is 5.73 Å². The molecule has 11 heteroatoms. The van der Waals surface area contributed by atoms with Gasteiger partial charge in [-0.05, 0) is 12.2 Å². The van der Waals surface area contributed by atoms with Crippen LogP contribution in [0, 0.1) is 11.3 Å². The summed E-state index contributed by atoms with van der Waals surface area (Å²) in [6.45, 7) is 0.547. The first-order valence-corrected chi connectivity index (χ1v) is 5.31. The maximum Gasteiger partial charge on any atom is 0.522 e. The van der Waals surface area contributed by atoms with Gasteiger partial charge in [-0.3, -0.25) is 4.55 Å². The second kappa shape index (κ2) is 7.20. The summed E-state index contributed by atoms with van der Waals surface area (Å²) in [5, 5.41) is 10.9. The molecular formula is C5H8F3N3O3S2. The summed E-state index contributed by atoms with van der Waals surface area (Å²) in [6.07, 6.45) is 0.442. The van der Waals surface area contributed by atoms with Crippen LogP contribution in [0.25, 0.3) is 0 Å². The highest BCUT2D eigenvalue weighted by Gasteiger charge is 2.44. The standard InChI is InChI=1S/C4H7N3S.CHF3O3S/c5-2-1-3-7-4(6)8;2-1(3,4)8(5,6)7/h1,3H2,(H3,6,7,8);(H,5,6,7). The molecule has 0 unspecified atom stereocenters. The van der Waals surface area contributed by atoms with Gasteiger partial charge in [-0.2, -0.15) is 26.9 Å². The number of thiocarbonyl (C=S) groups is 1. The normalized spacial score (nSPS) is 10.7. The van der Waals surface area contributed by atoms with Gasteiger partial charge in [-0.1, -0.05) is 0 Å². The van der Waals surface area contributed by atoms with E-state index in [4.69, 9.17) is 24.0 Å². The van der Waals surface area contributed by atoms with E-state index in [1.165, 1.54) is 0 Å². The highest BCUT2D eigenvalue weighted by atomic mass is 32.2. The van der Waals surface area contributed by atoms with Crippen molar-refractivity contribution in [1.82, 2.24) is 5.32 Å². The fourth-order valence-electron chi connectivity index (χ4n) is 0.242. The Bertz CT molecular complexity index is 359. The van der Waals surface area contributed by atoms with Gasteiger partial charge in [0.25, 0.3) is 0 Å². The first-order valence-electron chi connectivity index (χ1n) is 3.46. The molecule has 0 saturated carbocycles. The summed E-state index contributed by atoms with van der Waals surface area (Å²) < 4.78 is 57.5. The van der Waals surface area contributed by atoms with E-state index in [0.717, 1.165) is 0 Å². The van der Waals surface area contributed by atoms with Crippen LogP contribution < -0.4 is 11.1 Å². The Balaban J connectivity index is 0. The van der Waals surface area contributed by atoms with Gasteiger partial charge in [0.05, 0.1) is 12.5 Å². The van der Waals surface area contributed by atoms with Crippen LogP contribution in [0.5, 0.6) is 0 Å². The third-order valence-corrected chi connectivity index (χ3v) is 1.56. The lowest BCUT2D eigenvalue weighted by Crippen LogP contribution is -2.29. The summed E-state index contributed by atoms with van der Waals surface area (Å²) in [5.74, 6) is 0. The van der Waals surface area contributed by atoms with Crippen molar-refractivity contribution in [3.8, 4) is 6.07 Å². The van der Waals surface area contributed by atoms with E-state index < -0.39 is 15.6 Å². The molecule has 16 heavy (non-hydrogen) atoms. The maximum absolute atomic E-state index is 10.7. The Kier molecular flexibility index (Phi) is 7.78. The van der Waals surface area contributed by atoms with Crippen molar-refractivity contribution < 1.29 is 26.1 Å². The molecule has 0 aliphatic heterocycles. The van der Waals surface area contributed by atoms with Crippen molar-refractivity contribution in [3.63, 3.8) is 0 Å². The molecule has 0 bridgehead atoms. The van der Waals surface area contributed by atoms with Crippen LogP contribution in [0.3, 0.4) is 0 Å². The second-order valence-electron chi connectivity index (χ2n) is 2.12. The van der Waals surface area contributed by atoms with E-state index in [1.54, 1.807) is 0 Å². The van der Waals surface area contributed by atoms with Crippen molar-refractivity contribution >= 4 is 27.4 Å². The fraction of sp³-hybridized carbons (Fsp3) is 0.600. The third-order valence-electron chi connectivity index (χ3n) is 0.829. The molecule has 0 radical (unpaired) electrons. The number of nitrogens with two attached hydrogens (primary N) is 1. The molecule has 0 fully saturated rings. The largest absolute Gasteiger partial charge is 0.522 e. The quantitative estimate of drug-likeness (QED) is 0.284. The Morgan fingerprint density at radius 2 is 1.94 bits per heavy atom. The lowest BCUT2D eigenvalue weighted by molar-refractivity contribution is -0.0510. The second-order valence-corrected chi connectivity index (χ2v) is 3.97. The van der Waals surface area contributed by atoms with Crippen molar-refractivity contribution in [3.05, 3.63) is 0 Å². The van der Waals surface area contributed by atoms with Crippen LogP contribution in [-0.2, 0) is 10.1 Å². The van der Waals surface area contributed by atoms with Crippen molar-refractivity contribution in [1.29, 1.82) is 5.26 Å². The SMILES string of the molecule is N#CCCNC(N)=S.O=S(=O)(O)C(F)(F)F. The van der Waals surface area contributed by atoms with Gasteiger partial charge in [0.2, 0.25) is 0 Å². The fourth-order valence-corrected chi connectivity index (χ4v) is 0.344. The molecular weight excluding hydrogens is 271 g/mol. The van der Waals surface area contributed by atoms with Gasteiger partial charge in [0.15, 0.2) is 5.11 Å². The Morgan fingerprint density at radius 3 is 2.12 bits per heavy atom. The molecule has 0 heterocycles. The lowest BCUT2D eigenvalue weighted by Gasteiger charge is -1.97. The topological polar surface area (TPSA) is 116 Å². The van der Waals surface area contributed by atoms with E-state index in [2.05, 4.69) is 17.5 Å². The predicted octanol–water partition coefficient (Wildman–Crippen LogP) is 0.127. The van der Waals surface area contributed by atoms with Gasteiger partial charge in [-0.15, -0.1) is 0 Å². The monoisotopic (exact) mass is 279 g/mol. The molecule has 0 amide bonds. The van der Waals surface area contributed by atoms with Crippen LogP contribution in [0.2, 0.25) is 0 Å². The highest BCUT2D eigenvalue weighted by Crippen LogP contribution is 2.20. The van der Waals surface area contributed by atoms with Crippen LogP contribution in [-0.4, -0.2) is 30.1 Å². The van der Waals surface area contributed by atoms with E-state index in [-0.39, 0.29) is 5.11 Å². The summed E-state index contributed by atoms with van der Waals surface area (Å²) >= 11 is 4.47. The molecule has 94 valence electrons. The molecule has 0 atom stereocenters. The summed E-state index contributed by atoms with van der Waals surface area (Å²) in [7, 11) is -5.84. The van der Waals surface area contributed by atoms with Crippen LogP contribution in [0.15, 0.2) is 0 Å². The smallest absolute Gasteiger partial charge is 0.376 e. The maximum atomic E-state index is 10.7. The minimum Gasteiger partial charge on any atom is -0.376 e. The molecule has 6 nitrogen and oxygen atoms in total. The Hall–Kier alpha value is -1.12. The molecule has 0 aromatic rings. The van der Waals surface area contributed by atoms with Gasteiger partial charge in [-0.25, -0.2) is 0 Å². The number of nitrogens with zero attached hydrogens (tertiary/aromatic N) is 1. The molecule has 0 spiro atoms. The molecule has 0 aliphatic rings. The van der Waals surface area contributed by atoms with Crippen molar-refractivity contribution in [2.45, 2.75) is 11.9 Å². The molecule has 0 saturated heterocycles. The van der Waals surface area contributed by atoms with Gasteiger partial charge < -0.3 is 11.1 Å². The van der Waals surface area contributed by atoms with Crippen LogP contribution >= 0.6 is 12.2 Å². The van der Waals surface area contributed by atoms with E-state index in [1.807, 2.05) is 6.07 Å². The molecule has 0 rings (SSSR count). The zero-order chi connectivity index (χ0) is 13.4. The van der Waals surface area contributed by atoms with Crippen molar-refractivity contribution in [2.75, 3.05) is 6.54 Å².